The predicted octanol–water partition coefficient (Wildman–Crippen LogP) is 1.70. The van der Waals surface area contributed by atoms with Crippen LogP contribution in [-0.2, 0) is 11.2 Å². The first-order valence-electron chi connectivity index (χ1n) is 7.52. The first-order chi connectivity index (χ1) is 11.4. The summed E-state index contributed by atoms with van der Waals surface area (Å²) >= 11 is 0. The number of aromatic hydroxyl groups is 1. The Balaban J connectivity index is 2.68. The van der Waals surface area contributed by atoms with Crippen molar-refractivity contribution in [2.45, 2.75) is 26.7 Å². The molecule has 0 aliphatic carbocycles. The summed E-state index contributed by atoms with van der Waals surface area (Å²) in [6.45, 7) is 4.09. The Morgan fingerprint density at radius 1 is 1.46 bits per heavy atom. The van der Waals surface area contributed by atoms with Crippen molar-refractivity contribution in [3.8, 4) is 11.5 Å². The number of hydrogen-bond acceptors (Lipinski definition) is 6. The third kappa shape index (κ3) is 3.10. The minimum absolute atomic E-state index is 0.0536. The lowest BCUT2D eigenvalue weighted by molar-refractivity contribution is -0.120. The van der Waals surface area contributed by atoms with Gasteiger partial charge in [0.1, 0.15) is 11.5 Å². The number of phenols is 1. The van der Waals surface area contributed by atoms with E-state index < -0.39 is 5.63 Å². The molecule has 0 unspecified atom stereocenters. The van der Waals surface area contributed by atoms with E-state index in [-0.39, 0.29) is 40.5 Å². The maximum absolute atomic E-state index is 12.3. The van der Waals surface area contributed by atoms with E-state index in [1.165, 1.54) is 13.2 Å². The molecule has 2 N–H and O–H groups in total. The highest BCUT2D eigenvalue weighted by Gasteiger charge is 2.21. The van der Waals surface area contributed by atoms with Crippen molar-refractivity contribution in [3.63, 3.8) is 0 Å². The molecule has 0 spiro atoms. The Kier molecular flexibility index (Phi) is 5.23. The number of aryl methyl sites for hydroxylation is 1. The van der Waals surface area contributed by atoms with Gasteiger partial charge in [-0.2, -0.15) is 0 Å². The molecule has 0 radical (unpaired) electrons. The maximum Gasteiger partial charge on any atom is 0.340 e. The number of methoxy groups -OCH3 is 1. The number of carbonyl (C=O) groups is 2. The van der Waals surface area contributed by atoms with Crippen molar-refractivity contribution < 1.29 is 23.8 Å². The number of rotatable bonds is 6. The van der Waals surface area contributed by atoms with Gasteiger partial charge in [0.25, 0.3) is 0 Å². The molecule has 24 heavy (non-hydrogen) atoms. The first-order valence-corrected chi connectivity index (χ1v) is 7.52. The molecule has 0 saturated carbocycles. The topological polar surface area (TPSA) is 106 Å². The minimum atomic E-state index is -0.720. The fourth-order valence-corrected chi connectivity index (χ4v) is 2.52. The van der Waals surface area contributed by atoms with Crippen LogP contribution in [0.3, 0.4) is 0 Å². The number of phenolic OH excluding ortho intramolecular Hbond substituents is 1. The molecule has 0 aliphatic heterocycles. The van der Waals surface area contributed by atoms with Crippen molar-refractivity contribution >= 4 is 23.2 Å². The van der Waals surface area contributed by atoms with Crippen LogP contribution in [0.5, 0.6) is 11.5 Å². The van der Waals surface area contributed by atoms with Gasteiger partial charge in [0.05, 0.1) is 30.0 Å². The summed E-state index contributed by atoms with van der Waals surface area (Å²) in [6, 6.07) is 1.28. The van der Waals surface area contributed by atoms with Crippen LogP contribution in [0.25, 0.3) is 11.0 Å². The highest BCUT2D eigenvalue weighted by atomic mass is 16.5. The summed E-state index contributed by atoms with van der Waals surface area (Å²) < 4.78 is 10.4. The van der Waals surface area contributed by atoms with Crippen LogP contribution >= 0.6 is 0 Å². The molecule has 1 aromatic heterocycles. The van der Waals surface area contributed by atoms with Gasteiger partial charge in [0, 0.05) is 12.6 Å². The number of fused-ring (bicyclic) bond motifs is 1. The Morgan fingerprint density at radius 3 is 2.75 bits per heavy atom. The number of aldehydes is 1. The third-order valence-electron chi connectivity index (χ3n) is 3.78. The average molecular weight is 333 g/mol. The molecule has 7 nitrogen and oxygen atoms in total. The van der Waals surface area contributed by atoms with Crippen LogP contribution in [0, 0.1) is 6.92 Å². The monoisotopic (exact) mass is 333 g/mol. The second-order valence-electron chi connectivity index (χ2n) is 5.35. The molecule has 2 rings (SSSR count). The zero-order valence-electron chi connectivity index (χ0n) is 13.8. The van der Waals surface area contributed by atoms with Crippen LogP contribution in [0.2, 0.25) is 0 Å². The summed E-state index contributed by atoms with van der Waals surface area (Å²) in [7, 11) is 1.40. The van der Waals surface area contributed by atoms with E-state index in [0.717, 1.165) is 6.42 Å². The molecule has 1 heterocycles. The SMILES string of the molecule is CCCNC(=O)Cc1c(C)c2c(OC)cc(O)c(C=O)c2oc1=O. The van der Waals surface area contributed by atoms with E-state index >= 15 is 0 Å². The van der Waals surface area contributed by atoms with Gasteiger partial charge in [0.2, 0.25) is 5.91 Å². The van der Waals surface area contributed by atoms with Gasteiger partial charge in [-0.05, 0) is 18.9 Å². The normalized spacial score (nSPS) is 10.6. The highest BCUT2D eigenvalue weighted by molar-refractivity contribution is 6.02. The summed E-state index contributed by atoms with van der Waals surface area (Å²) in [6.07, 6.45) is 1.06. The van der Waals surface area contributed by atoms with Gasteiger partial charge in [-0.15, -0.1) is 0 Å². The van der Waals surface area contributed by atoms with Gasteiger partial charge in [-0.25, -0.2) is 4.79 Å². The number of hydrogen-bond donors (Lipinski definition) is 2. The molecule has 0 aliphatic rings. The average Bonchev–Trinajstić information content (AvgIpc) is 2.55. The van der Waals surface area contributed by atoms with Gasteiger partial charge >= 0.3 is 5.63 Å². The van der Waals surface area contributed by atoms with Gasteiger partial charge in [-0.3, -0.25) is 9.59 Å². The smallest absolute Gasteiger partial charge is 0.340 e. The predicted molar refractivity (Wildman–Crippen MR) is 87.8 cm³/mol. The van der Waals surface area contributed by atoms with Crippen molar-refractivity contribution in [2.24, 2.45) is 0 Å². The van der Waals surface area contributed by atoms with E-state index in [1.54, 1.807) is 6.92 Å². The Morgan fingerprint density at radius 2 is 2.17 bits per heavy atom. The lowest BCUT2D eigenvalue weighted by atomic mass is 10.00. The van der Waals surface area contributed by atoms with E-state index in [0.29, 0.717) is 23.8 Å². The van der Waals surface area contributed by atoms with Crippen LogP contribution < -0.4 is 15.7 Å². The van der Waals surface area contributed by atoms with E-state index in [4.69, 9.17) is 9.15 Å². The summed E-state index contributed by atoms with van der Waals surface area (Å²) in [5.74, 6) is -0.380. The van der Waals surface area contributed by atoms with Crippen LogP contribution in [0.4, 0.5) is 0 Å². The molecule has 0 fully saturated rings. The Hall–Kier alpha value is -2.83. The van der Waals surface area contributed by atoms with Gasteiger partial charge in [0.15, 0.2) is 11.9 Å². The second kappa shape index (κ2) is 7.16. The number of nitrogens with one attached hydrogen (secondary N) is 1. The molecular weight excluding hydrogens is 314 g/mol. The molecule has 2 aromatic rings. The molecule has 7 heteroatoms. The molecule has 0 bridgehead atoms. The van der Waals surface area contributed by atoms with E-state index in [2.05, 4.69) is 5.32 Å². The Bertz CT molecular complexity index is 853. The fourth-order valence-electron chi connectivity index (χ4n) is 2.52. The third-order valence-corrected chi connectivity index (χ3v) is 3.78. The van der Waals surface area contributed by atoms with Gasteiger partial charge < -0.3 is 19.6 Å². The van der Waals surface area contributed by atoms with Crippen LogP contribution in [0.15, 0.2) is 15.3 Å². The largest absolute Gasteiger partial charge is 0.507 e. The molecule has 0 atom stereocenters. The molecular formula is C17H19NO6. The molecule has 1 amide bonds. The first kappa shape index (κ1) is 17.5. The standard InChI is InChI=1S/C17H19NO6/c1-4-5-18-14(21)6-10-9(2)15-13(23-3)7-12(20)11(8-19)16(15)24-17(10)22/h7-8,20H,4-6H2,1-3H3,(H,18,21). The number of benzene rings is 1. The highest BCUT2D eigenvalue weighted by Crippen LogP contribution is 2.36. The molecule has 128 valence electrons. The molecule has 1 aromatic carbocycles. The summed E-state index contributed by atoms with van der Waals surface area (Å²) in [5.41, 5.74) is -0.234. The minimum Gasteiger partial charge on any atom is -0.507 e. The van der Waals surface area contributed by atoms with Crippen LogP contribution in [0.1, 0.15) is 34.8 Å². The Labute approximate surface area is 138 Å². The number of carbonyl (C=O) groups excluding carboxylic acids is 2. The quantitative estimate of drug-likeness (QED) is 0.615. The van der Waals surface area contributed by atoms with Crippen molar-refractivity contribution in [1.82, 2.24) is 5.32 Å². The summed E-state index contributed by atoms with van der Waals surface area (Å²) in [5, 5.41) is 13.0. The zero-order chi connectivity index (χ0) is 17.9. The fraction of sp³-hybridized carbons (Fsp3) is 0.353. The lowest BCUT2D eigenvalue weighted by Crippen LogP contribution is -2.28. The van der Waals surface area contributed by atoms with Crippen molar-refractivity contribution in [3.05, 3.63) is 33.2 Å². The van der Waals surface area contributed by atoms with Crippen molar-refractivity contribution in [2.75, 3.05) is 13.7 Å². The van der Waals surface area contributed by atoms with Crippen molar-refractivity contribution in [1.29, 1.82) is 0 Å². The molecule has 0 saturated heterocycles. The van der Waals surface area contributed by atoms with E-state index in [1.807, 2.05) is 6.92 Å². The van der Waals surface area contributed by atoms with Crippen LogP contribution in [-0.4, -0.2) is 31.0 Å². The number of amides is 1. The zero-order valence-corrected chi connectivity index (χ0v) is 13.8. The van der Waals surface area contributed by atoms with E-state index in [9.17, 15) is 19.5 Å². The summed E-state index contributed by atoms with van der Waals surface area (Å²) in [4.78, 5) is 35.4. The number of ether oxygens (including phenoxy) is 1. The maximum atomic E-state index is 12.3. The second-order valence-corrected chi connectivity index (χ2v) is 5.35. The lowest BCUT2D eigenvalue weighted by Gasteiger charge is -2.13. The van der Waals surface area contributed by atoms with Gasteiger partial charge in [-0.1, -0.05) is 6.92 Å².